The Morgan fingerprint density at radius 3 is 2.92 bits per heavy atom. The van der Waals surface area contributed by atoms with Gasteiger partial charge in [-0.05, 0) is 19.1 Å². The van der Waals surface area contributed by atoms with Crippen LogP contribution in [0, 0.1) is 12.3 Å². The molecule has 1 aromatic carbocycles. The number of hydrogen-bond donors (Lipinski definition) is 2. The van der Waals surface area contributed by atoms with Gasteiger partial charge in [0.1, 0.15) is 11.5 Å². The van der Waals surface area contributed by atoms with Gasteiger partial charge in [-0.3, -0.25) is 9.89 Å². The second-order valence-electron chi connectivity index (χ2n) is 4.71. The first-order chi connectivity index (χ1) is 11.6. The van der Waals surface area contributed by atoms with Gasteiger partial charge in [-0.2, -0.15) is 0 Å². The van der Waals surface area contributed by atoms with Crippen LogP contribution in [-0.4, -0.2) is 47.1 Å². The van der Waals surface area contributed by atoms with Crippen LogP contribution in [0.5, 0.6) is 11.5 Å². The number of aromatic amines is 1. The summed E-state index contributed by atoms with van der Waals surface area (Å²) in [5.41, 5.74) is 0.752. The molecular formula is C16H18N4O3S. The summed E-state index contributed by atoms with van der Waals surface area (Å²) in [5.74, 6) is 4.05. The van der Waals surface area contributed by atoms with Crippen LogP contribution >= 0.6 is 11.8 Å². The SMILES string of the molecule is C#CCNC(=O)[C@@H](C)Sc1n[nH]c(-c2ccc(OC)cc2OC)n1. The molecule has 1 amide bonds. The summed E-state index contributed by atoms with van der Waals surface area (Å²) in [6, 6.07) is 5.40. The van der Waals surface area contributed by atoms with Crippen LogP contribution in [0.4, 0.5) is 0 Å². The van der Waals surface area contributed by atoms with E-state index in [1.165, 1.54) is 11.8 Å². The molecule has 2 aromatic rings. The van der Waals surface area contributed by atoms with Gasteiger partial charge < -0.3 is 14.8 Å². The van der Waals surface area contributed by atoms with E-state index < -0.39 is 0 Å². The molecule has 0 spiro atoms. The molecule has 8 heteroatoms. The van der Waals surface area contributed by atoms with Crippen LogP contribution in [0.3, 0.4) is 0 Å². The highest BCUT2D eigenvalue weighted by atomic mass is 32.2. The first-order valence-electron chi connectivity index (χ1n) is 7.11. The molecule has 1 atom stereocenters. The van der Waals surface area contributed by atoms with E-state index in [0.29, 0.717) is 22.5 Å². The fourth-order valence-electron chi connectivity index (χ4n) is 1.91. The Morgan fingerprint density at radius 1 is 1.46 bits per heavy atom. The monoisotopic (exact) mass is 346 g/mol. The maximum Gasteiger partial charge on any atom is 0.234 e. The van der Waals surface area contributed by atoms with Gasteiger partial charge in [0.25, 0.3) is 0 Å². The zero-order valence-electron chi connectivity index (χ0n) is 13.6. The summed E-state index contributed by atoms with van der Waals surface area (Å²) in [7, 11) is 3.16. The van der Waals surface area contributed by atoms with Gasteiger partial charge in [0.15, 0.2) is 5.82 Å². The fraction of sp³-hybridized carbons (Fsp3) is 0.312. The molecule has 0 aliphatic rings. The number of hydrogen-bond acceptors (Lipinski definition) is 6. The molecule has 1 aromatic heterocycles. The molecule has 0 saturated carbocycles. The van der Waals surface area contributed by atoms with Crippen LogP contribution in [0.25, 0.3) is 11.4 Å². The maximum absolute atomic E-state index is 11.8. The van der Waals surface area contributed by atoms with Crippen LogP contribution < -0.4 is 14.8 Å². The molecular weight excluding hydrogens is 328 g/mol. The topological polar surface area (TPSA) is 89.1 Å². The lowest BCUT2D eigenvalue weighted by molar-refractivity contribution is -0.120. The molecule has 2 rings (SSSR count). The van der Waals surface area contributed by atoms with E-state index in [1.807, 2.05) is 12.1 Å². The first kappa shape index (κ1) is 17.7. The number of rotatable bonds is 7. The third kappa shape index (κ3) is 4.20. The van der Waals surface area contributed by atoms with E-state index in [-0.39, 0.29) is 17.7 Å². The van der Waals surface area contributed by atoms with Crippen molar-refractivity contribution in [2.75, 3.05) is 20.8 Å². The predicted octanol–water partition coefficient (Wildman–Crippen LogP) is 1.72. The van der Waals surface area contributed by atoms with Crippen molar-refractivity contribution in [3.8, 4) is 35.2 Å². The molecule has 1 heterocycles. The van der Waals surface area contributed by atoms with Gasteiger partial charge in [0.2, 0.25) is 11.1 Å². The lowest BCUT2D eigenvalue weighted by atomic mass is 10.2. The Hall–Kier alpha value is -2.66. The van der Waals surface area contributed by atoms with Crippen molar-refractivity contribution in [1.82, 2.24) is 20.5 Å². The lowest BCUT2D eigenvalue weighted by Gasteiger charge is -2.08. The molecule has 0 aliphatic heterocycles. The van der Waals surface area contributed by atoms with E-state index in [0.717, 1.165) is 5.56 Å². The molecule has 0 bridgehead atoms. The summed E-state index contributed by atoms with van der Waals surface area (Å²) in [6.45, 7) is 1.96. The zero-order chi connectivity index (χ0) is 17.5. The highest BCUT2D eigenvalue weighted by molar-refractivity contribution is 8.00. The molecule has 126 valence electrons. The minimum atomic E-state index is -0.361. The standard InChI is InChI=1S/C16H18N4O3S/c1-5-8-17-15(21)10(2)24-16-18-14(19-20-16)12-7-6-11(22-3)9-13(12)23-4/h1,6-7,9-10H,8H2,2-4H3,(H,17,21)(H,18,19,20)/t10-/m1/s1. The number of amides is 1. The molecule has 0 saturated heterocycles. The summed E-state index contributed by atoms with van der Waals surface area (Å²) >= 11 is 1.24. The number of ether oxygens (including phenoxy) is 2. The lowest BCUT2D eigenvalue weighted by Crippen LogP contribution is -2.31. The molecule has 0 unspecified atom stereocenters. The van der Waals surface area contributed by atoms with Gasteiger partial charge >= 0.3 is 0 Å². The van der Waals surface area contributed by atoms with Crippen molar-refractivity contribution < 1.29 is 14.3 Å². The fourth-order valence-corrected chi connectivity index (χ4v) is 2.66. The minimum Gasteiger partial charge on any atom is -0.497 e. The van der Waals surface area contributed by atoms with Crippen LogP contribution in [0.1, 0.15) is 6.92 Å². The van der Waals surface area contributed by atoms with Crippen molar-refractivity contribution >= 4 is 17.7 Å². The summed E-state index contributed by atoms with van der Waals surface area (Å²) < 4.78 is 10.5. The number of terminal acetylenes is 1. The van der Waals surface area contributed by atoms with Crippen LogP contribution in [0.15, 0.2) is 23.4 Å². The number of H-pyrrole nitrogens is 1. The normalized spacial score (nSPS) is 11.4. The van der Waals surface area contributed by atoms with E-state index >= 15 is 0 Å². The van der Waals surface area contributed by atoms with Crippen LogP contribution in [0.2, 0.25) is 0 Å². The second-order valence-corrected chi connectivity index (χ2v) is 6.02. The summed E-state index contributed by atoms with van der Waals surface area (Å²) in [5, 5.41) is 9.72. The van der Waals surface area contributed by atoms with Crippen molar-refractivity contribution in [3.63, 3.8) is 0 Å². The molecule has 24 heavy (non-hydrogen) atoms. The Morgan fingerprint density at radius 2 is 2.25 bits per heavy atom. The maximum atomic E-state index is 11.8. The molecule has 0 aliphatic carbocycles. The number of nitrogens with zero attached hydrogens (tertiary/aromatic N) is 2. The van der Waals surface area contributed by atoms with Gasteiger partial charge in [-0.25, -0.2) is 4.98 Å². The highest BCUT2D eigenvalue weighted by Crippen LogP contribution is 2.32. The Labute approximate surface area is 144 Å². The smallest absolute Gasteiger partial charge is 0.234 e. The largest absolute Gasteiger partial charge is 0.497 e. The Balaban J connectivity index is 2.13. The van der Waals surface area contributed by atoms with Gasteiger partial charge in [0.05, 0.1) is 31.6 Å². The van der Waals surface area contributed by atoms with E-state index in [9.17, 15) is 4.79 Å². The quantitative estimate of drug-likeness (QED) is 0.586. The van der Waals surface area contributed by atoms with Crippen molar-refractivity contribution in [3.05, 3.63) is 18.2 Å². The average Bonchev–Trinajstić information content (AvgIpc) is 3.07. The summed E-state index contributed by atoms with van der Waals surface area (Å²) in [6.07, 6.45) is 5.12. The zero-order valence-corrected chi connectivity index (χ0v) is 14.4. The number of methoxy groups -OCH3 is 2. The Kier molecular flexibility index (Phi) is 6.09. The van der Waals surface area contributed by atoms with Gasteiger partial charge in [-0.15, -0.1) is 11.5 Å². The number of aromatic nitrogens is 3. The minimum absolute atomic E-state index is 0.161. The van der Waals surface area contributed by atoms with Crippen molar-refractivity contribution in [2.45, 2.75) is 17.3 Å². The van der Waals surface area contributed by atoms with Gasteiger partial charge in [0, 0.05) is 6.07 Å². The Bertz CT molecular complexity index is 754. The van der Waals surface area contributed by atoms with E-state index in [2.05, 4.69) is 26.4 Å². The average molecular weight is 346 g/mol. The number of benzene rings is 1. The highest BCUT2D eigenvalue weighted by Gasteiger charge is 2.18. The predicted molar refractivity (Wildman–Crippen MR) is 92.1 cm³/mol. The van der Waals surface area contributed by atoms with Crippen LogP contribution in [-0.2, 0) is 4.79 Å². The summed E-state index contributed by atoms with van der Waals surface area (Å²) in [4.78, 5) is 16.2. The number of carbonyl (C=O) groups excluding carboxylic acids is 1. The first-order valence-corrected chi connectivity index (χ1v) is 7.99. The van der Waals surface area contributed by atoms with E-state index in [1.54, 1.807) is 27.2 Å². The van der Waals surface area contributed by atoms with E-state index in [4.69, 9.17) is 15.9 Å². The van der Waals surface area contributed by atoms with Crippen molar-refractivity contribution in [2.24, 2.45) is 0 Å². The third-order valence-electron chi connectivity index (χ3n) is 3.14. The molecule has 0 fully saturated rings. The molecule has 7 nitrogen and oxygen atoms in total. The number of carbonyl (C=O) groups is 1. The molecule has 2 N–H and O–H groups in total. The third-order valence-corrected chi connectivity index (χ3v) is 4.11. The number of nitrogens with one attached hydrogen (secondary N) is 2. The second kappa shape index (κ2) is 8.26. The van der Waals surface area contributed by atoms with Crippen molar-refractivity contribution in [1.29, 1.82) is 0 Å². The van der Waals surface area contributed by atoms with Gasteiger partial charge in [-0.1, -0.05) is 17.7 Å². The molecule has 0 radical (unpaired) electrons. The number of thioether (sulfide) groups is 1.